The van der Waals surface area contributed by atoms with E-state index in [0.717, 1.165) is 19.3 Å². The van der Waals surface area contributed by atoms with Crippen molar-refractivity contribution >= 4 is 24.2 Å². The number of nitrogens with two attached hydrogens (primary N) is 1. The van der Waals surface area contributed by atoms with Crippen LogP contribution in [0.4, 0.5) is 0 Å². The van der Waals surface area contributed by atoms with Crippen molar-refractivity contribution in [1.82, 2.24) is 0 Å². The summed E-state index contributed by atoms with van der Waals surface area (Å²) < 4.78 is 0. The Balaban J connectivity index is 0. The Labute approximate surface area is 102 Å². The zero-order chi connectivity index (χ0) is 11.7. The van der Waals surface area contributed by atoms with Crippen LogP contribution < -0.4 is 5.73 Å². The maximum atomic E-state index is 11.3. The summed E-state index contributed by atoms with van der Waals surface area (Å²) in [6.07, 6.45) is 6.49. The molecule has 0 aromatic carbocycles. The van der Waals surface area contributed by atoms with Gasteiger partial charge >= 0.3 is 5.97 Å². The highest BCUT2D eigenvalue weighted by Crippen LogP contribution is 1.99. The summed E-state index contributed by atoms with van der Waals surface area (Å²) in [7, 11) is 0. The summed E-state index contributed by atoms with van der Waals surface area (Å²) in [5.41, 5.74) is 5.56. The van der Waals surface area contributed by atoms with Crippen LogP contribution in [-0.2, 0) is 9.59 Å². The van der Waals surface area contributed by atoms with Gasteiger partial charge in [0.05, 0.1) is 12.5 Å². The minimum Gasteiger partial charge on any atom is -0.481 e. The van der Waals surface area contributed by atoms with Crippen molar-refractivity contribution in [2.24, 2.45) is 5.73 Å². The number of carbonyl (C=O) groups excluding carboxylic acids is 1. The third-order valence-corrected chi connectivity index (χ3v) is 2.02. The molecule has 3 N–H and O–H groups in total. The number of carboxylic acid groups (broad SMARTS) is 1. The summed E-state index contributed by atoms with van der Waals surface area (Å²) in [6.45, 7) is 2.09. The van der Waals surface area contributed by atoms with E-state index in [1.54, 1.807) is 6.08 Å². The predicted molar refractivity (Wildman–Crippen MR) is 65.8 cm³/mol. The molecule has 0 bridgehead atoms. The van der Waals surface area contributed by atoms with E-state index >= 15 is 0 Å². The molecule has 1 unspecified atom stereocenters. The number of carbonyl (C=O) groups is 2. The van der Waals surface area contributed by atoms with Crippen molar-refractivity contribution in [3.63, 3.8) is 0 Å². The van der Waals surface area contributed by atoms with Crippen molar-refractivity contribution < 1.29 is 14.7 Å². The van der Waals surface area contributed by atoms with E-state index in [9.17, 15) is 9.59 Å². The molecular formula is C11H20ClNO3. The van der Waals surface area contributed by atoms with Gasteiger partial charge in [0.25, 0.3) is 0 Å². The highest BCUT2D eigenvalue weighted by molar-refractivity contribution is 5.88. The van der Waals surface area contributed by atoms with Crippen LogP contribution in [0.15, 0.2) is 12.2 Å². The van der Waals surface area contributed by atoms with Crippen LogP contribution in [-0.4, -0.2) is 22.9 Å². The van der Waals surface area contributed by atoms with Crippen LogP contribution in [0.5, 0.6) is 0 Å². The van der Waals surface area contributed by atoms with Gasteiger partial charge in [0.1, 0.15) is 0 Å². The Hall–Kier alpha value is -0.870. The molecule has 0 aromatic heterocycles. The van der Waals surface area contributed by atoms with Crippen LogP contribution in [0, 0.1) is 0 Å². The number of carboxylic acids is 1. The van der Waals surface area contributed by atoms with E-state index in [2.05, 4.69) is 6.92 Å². The largest absolute Gasteiger partial charge is 0.481 e. The molecule has 16 heavy (non-hydrogen) atoms. The lowest BCUT2D eigenvalue weighted by Crippen LogP contribution is -2.28. The van der Waals surface area contributed by atoms with E-state index in [4.69, 9.17) is 10.8 Å². The number of hydrogen-bond acceptors (Lipinski definition) is 3. The van der Waals surface area contributed by atoms with E-state index in [1.807, 2.05) is 6.08 Å². The van der Waals surface area contributed by atoms with Crippen LogP contribution in [0.3, 0.4) is 0 Å². The van der Waals surface area contributed by atoms with Gasteiger partial charge in [0, 0.05) is 6.42 Å². The molecule has 5 heteroatoms. The maximum Gasteiger partial charge on any atom is 0.303 e. The molecule has 0 amide bonds. The topological polar surface area (TPSA) is 80.4 Å². The summed E-state index contributed by atoms with van der Waals surface area (Å²) >= 11 is 0. The van der Waals surface area contributed by atoms with E-state index in [1.165, 1.54) is 0 Å². The second kappa shape index (κ2) is 10.6. The van der Waals surface area contributed by atoms with Gasteiger partial charge in [-0.05, 0) is 6.42 Å². The zero-order valence-corrected chi connectivity index (χ0v) is 10.3. The molecule has 0 aliphatic rings. The van der Waals surface area contributed by atoms with Gasteiger partial charge in [-0.25, -0.2) is 0 Å². The summed E-state index contributed by atoms with van der Waals surface area (Å²) in [5, 5.41) is 8.38. The highest BCUT2D eigenvalue weighted by atomic mass is 35.5. The van der Waals surface area contributed by atoms with Gasteiger partial charge in [-0.15, -0.1) is 12.4 Å². The third-order valence-electron chi connectivity index (χ3n) is 2.02. The molecule has 0 aliphatic heterocycles. The van der Waals surface area contributed by atoms with Gasteiger partial charge in [-0.1, -0.05) is 31.9 Å². The predicted octanol–water partition coefficient (Wildman–Crippen LogP) is 1.92. The molecule has 0 heterocycles. The molecule has 0 aromatic rings. The SMILES string of the molecule is CCCCC=CC(N)C(=O)CCC(=O)O.Cl. The number of rotatable bonds is 8. The molecule has 0 rings (SSSR count). The van der Waals surface area contributed by atoms with Crippen LogP contribution in [0.25, 0.3) is 0 Å². The monoisotopic (exact) mass is 249 g/mol. The Kier molecular flexibility index (Phi) is 11.7. The lowest BCUT2D eigenvalue weighted by atomic mass is 10.1. The first kappa shape index (κ1) is 17.5. The van der Waals surface area contributed by atoms with Gasteiger partial charge < -0.3 is 10.8 Å². The lowest BCUT2D eigenvalue weighted by Gasteiger charge is -2.03. The van der Waals surface area contributed by atoms with Gasteiger partial charge in [-0.3, -0.25) is 9.59 Å². The normalized spacial score (nSPS) is 12.1. The molecule has 0 spiro atoms. The number of ketones is 1. The van der Waals surface area contributed by atoms with Crippen molar-refractivity contribution in [3.05, 3.63) is 12.2 Å². The molecule has 0 fully saturated rings. The van der Waals surface area contributed by atoms with E-state index < -0.39 is 12.0 Å². The fourth-order valence-electron chi connectivity index (χ4n) is 1.07. The van der Waals surface area contributed by atoms with Crippen molar-refractivity contribution in [2.75, 3.05) is 0 Å². The molecule has 1 atom stereocenters. The standard InChI is InChI=1S/C11H19NO3.ClH/c1-2-3-4-5-6-9(12)10(13)7-8-11(14)15;/h5-6,9H,2-4,7-8,12H2,1H3,(H,14,15);1H. The van der Waals surface area contributed by atoms with E-state index in [-0.39, 0.29) is 31.0 Å². The second-order valence-corrected chi connectivity index (χ2v) is 3.46. The molecule has 0 saturated carbocycles. The quantitative estimate of drug-likeness (QED) is 0.509. The van der Waals surface area contributed by atoms with Crippen LogP contribution in [0.1, 0.15) is 39.0 Å². The average molecular weight is 250 g/mol. The number of unbranched alkanes of at least 4 members (excludes halogenated alkanes) is 2. The van der Waals surface area contributed by atoms with Crippen LogP contribution >= 0.6 is 12.4 Å². The number of Topliss-reactive ketones (excluding diaryl/α,β-unsaturated/α-hetero) is 1. The third kappa shape index (κ3) is 9.68. The minimum atomic E-state index is -0.967. The fourth-order valence-corrected chi connectivity index (χ4v) is 1.07. The van der Waals surface area contributed by atoms with Crippen molar-refractivity contribution in [3.8, 4) is 0 Å². The molecule has 0 radical (unpaired) electrons. The minimum absolute atomic E-state index is 0. The second-order valence-electron chi connectivity index (χ2n) is 3.46. The molecule has 0 aliphatic carbocycles. The number of halogens is 1. The maximum absolute atomic E-state index is 11.3. The Morgan fingerprint density at radius 3 is 2.50 bits per heavy atom. The highest BCUT2D eigenvalue weighted by Gasteiger charge is 2.11. The molecule has 94 valence electrons. The smallest absolute Gasteiger partial charge is 0.303 e. The summed E-state index contributed by atoms with van der Waals surface area (Å²) in [4.78, 5) is 21.5. The first-order valence-electron chi connectivity index (χ1n) is 5.24. The Morgan fingerprint density at radius 2 is 2.00 bits per heavy atom. The number of hydrogen-bond donors (Lipinski definition) is 2. The first-order valence-corrected chi connectivity index (χ1v) is 5.24. The van der Waals surface area contributed by atoms with Gasteiger partial charge in [0.2, 0.25) is 0 Å². The van der Waals surface area contributed by atoms with Crippen molar-refractivity contribution in [1.29, 1.82) is 0 Å². The van der Waals surface area contributed by atoms with Crippen molar-refractivity contribution in [2.45, 2.75) is 45.1 Å². The van der Waals surface area contributed by atoms with E-state index in [0.29, 0.717) is 0 Å². The zero-order valence-electron chi connectivity index (χ0n) is 9.52. The summed E-state index contributed by atoms with van der Waals surface area (Å²) in [5.74, 6) is -1.18. The van der Waals surface area contributed by atoms with Gasteiger partial charge in [0.15, 0.2) is 5.78 Å². The number of allylic oxidation sites excluding steroid dienone is 1. The Bertz CT molecular complexity index is 241. The molecule has 4 nitrogen and oxygen atoms in total. The lowest BCUT2D eigenvalue weighted by molar-refractivity contribution is -0.138. The molecular weight excluding hydrogens is 230 g/mol. The summed E-state index contributed by atoms with van der Waals surface area (Å²) in [6, 6.07) is -0.652. The number of aliphatic carboxylic acids is 1. The fraction of sp³-hybridized carbons (Fsp3) is 0.636. The molecule has 0 saturated heterocycles. The van der Waals surface area contributed by atoms with Crippen LogP contribution in [0.2, 0.25) is 0 Å². The first-order chi connectivity index (χ1) is 7.07. The Morgan fingerprint density at radius 1 is 1.38 bits per heavy atom. The van der Waals surface area contributed by atoms with Gasteiger partial charge in [-0.2, -0.15) is 0 Å². The average Bonchev–Trinajstić information content (AvgIpc) is 2.20.